The molecule has 0 aromatic carbocycles. The predicted octanol–water partition coefficient (Wildman–Crippen LogP) is 1.92. The summed E-state index contributed by atoms with van der Waals surface area (Å²) in [6.07, 6.45) is 0. The van der Waals surface area contributed by atoms with E-state index in [0.717, 1.165) is 0 Å². The molecular weight excluding hydrogens is 312 g/mol. The number of hydrogen-bond acceptors (Lipinski definition) is 7. The Balaban J connectivity index is 2.84. The Bertz CT molecular complexity index is 381. The topological polar surface area (TPSA) is 69.7 Å². The molecule has 120 valence electrons. The predicted molar refractivity (Wildman–Crippen MR) is 84.5 cm³/mol. The van der Waals surface area contributed by atoms with Crippen molar-refractivity contribution in [1.82, 2.24) is 0 Å². The molecule has 3 atom stereocenters. The number of Topliss-reactive ketones (excluding diaryl/α,β-unsaturated/α-hetero) is 1. The van der Waals surface area contributed by atoms with Gasteiger partial charge in [0.15, 0.2) is 5.78 Å². The van der Waals surface area contributed by atoms with E-state index in [9.17, 15) is 14.4 Å². The average molecular weight is 334 g/mol. The van der Waals surface area contributed by atoms with Gasteiger partial charge in [-0.2, -0.15) is 11.8 Å². The fraction of sp³-hybridized carbons (Fsp3) is 0.786. The van der Waals surface area contributed by atoms with Gasteiger partial charge in [0, 0.05) is 16.3 Å². The van der Waals surface area contributed by atoms with Crippen LogP contribution < -0.4 is 0 Å². The van der Waals surface area contributed by atoms with Crippen molar-refractivity contribution in [1.29, 1.82) is 0 Å². The van der Waals surface area contributed by atoms with Crippen LogP contribution in [0, 0.1) is 5.92 Å². The van der Waals surface area contributed by atoms with E-state index in [1.54, 1.807) is 25.6 Å². The van der Waals surface area contributed by atoms with Gasteiger partial charge in [0.1, 0.15) is 0 Å². The maximum atomic E-state index is 12.5. The standard InChI is InChI=1S/C14H22O5S2/c1-5-18-13(16)11(14(17)19-6-2)12(15)10-7-20-8(3)9(4)21-10/h8-11H,5-7H2,1-4H3. The van der Waals surface area contributed by atoms with Crippen LogP contribution in [-0.2, 0) is 23.9 Å². The number of carbonyl (C=O) groups excluding carboxylic acids is 3. The maximum absolute atomic E-state index is 12.5. The molecule has 0 radical (unpaired) electrons. The summed E-state index contributed by atoms with van der Waals surface area (Å²) in [5.74, 6) is -2.87. The minimum atomic E-state index is -1.45. The molecule has 21 heavy (non-hydrogen) atoms. The number of esters is 2. The van der Waals surface area contributed by atoms with Crippen LogP contribution in [0.1, 0.15) is 27.7 Å². The highest BCUT2D eigenvalue weighted by molar-refractivity contribution is 8.08. The molecule has 1 rings (SSSR count). The number of carbonyl (C=O) groups is 3. The van der Waals surface area contributed by atoms with E-state index in [0.29, 0.717) is 16.3 Å². The quantitative estimate of drug-likeness (QED) is 0.543. The lowest BCUT2D eigenvalue weighted by molar-refractivity contribution is -0.163. The molecule has 0 amide bonds. The van der Waals surface area contributed by atoms with Crippen molar-refractivity contribution >= 4 is 41.2 Å². The lowest BCUT2D eigenvalue weighted by atomic mass is 10.0. The van der Waals surface area contributed by atoms with E-state index < -0.39 is 23.6 Å². The fourth-order valence-corrected chi connectivity index (χ4v) is 4.80. The molecule has 0 spiro atoms. The van der Waals surface area contributed by atoms with E-state index in [1.165, 1.54) is 11.8 Å². The van der Waals surface area contributed by atoms with Crippen molar-refractivity contribution in [3.05, 3.63) is 0 Å². The van der Waals surface area contributed by atoms with Crippen molar-refractivity contribution in [2.24, 2.45) is 5.92 Å². The van der Waals surface area contributed by atoms with Crippen molar-refractivity contribution in [3.63, 3.8) is 0 Å². The van der Waals surface area contributed by atoms with E-state index in [1.807, 2.05) is 6.92 Å². The molecule has 0 saturated carbocycles. The molecule has 7 heteroatoms. The second-order valence-corrected chi connectivity index (χ2v) is 7.70. The van der Waals surface area contributed by atoms with Crippen LogP contribution in [0.5, 0.6) is 0 Å². The van der Waals surface area contributed by atoms with Gasteiger partial charge in [-0.05, 0) is 13.8 Å². The normalized spacial score (nSPS) is 25.5. The summed E-state index contributed by atoms with van der Waals surface area (Å²) in [5, 5.41) is 0.366. The smallest absolute Gasteiger partial charge is 0.328 e. The summed E-state index contributed by atoms with van der Waals surface area (Å²) in [7, 11) is 0. The molecule has 0 aliphatic carbocycles. The fourth-order valence-electron chi connectivity index (χ4n) is 1.90. The third-order valence-electron chi connectivity index (χ3n) is 3.20. The van der Waals surface area contributed by atoms with Crippen molar-refractivity contribution in [2.45, 2.75) is 43.4 Å². The number of thioether (sulfide) groups is 2. The largest absolute Gasteiger partial charge is 0.465 e. The van der Waals surface area contributed by atoms with Crippen molar-refractivity contribution in [3.8, 4) is 0 Å². The molecule has 1 fully saturated rings. The molecule has 5 nitrogen and oxygen atoms in total. The Morgan fingerprint density at radius 1 is 1.05 bits per heavy atom. The van der Waals surface area contributed by atoms with E-state index in [4.69, 9.17) is 9.47 Å². The molecule has 1 heterocycles. The minimum absolute atomic E-state index is 0.127. The molecule has 1 aliphatic rings. The molecule has 0 aromatic rings. The van der Waals surface area contributed by atoms with Crippen LogP contribution >= 0.6 is 23.5 Å². The van der Waals surface area contributed by atoms with Gasteiger partial charge in [-0.3, -0.25) is 14.4 Å². The van der Waals surface area contributed by atoms with Gasteiger partial charge in [0.25, 0.3) is 0 Å². The van der Waals surface area contributed by atoms with E-state index in [-0.39, 0.29) is 18.5 Å². The Morgan fingerprint density at radius 2 is 1.57 bits per heavy atom. The molecule has 1 saturated heterocycles. The van der Waals surface area contributed by atoms with Gasteiger partial charge >= 0.3 is 11.9 Å². The first-order chi connectivity index (χ1) is 9.92. The van der Waals surface area contributed by atoms with Crippen molar-refractivity contribution < 1.29 is 23.9 Å². The van der Waals surface area contributed by atoms with E-state index >= 15 is 0 Å². The van der Waals surface area contributed by atoms with Gasteiger partial charge in [-0.25, -0.2) is 0 Å². The van der Waals surface area contributed by atoms with Crippen LogP contribution in [-0.4, -0.2) is 52.4 Å². The summed E-state index contributed by atoms with van der Waals surface area (Å²) in [5.41, 5.74) is 0. The van der Waals surface area contributed by atoms with Gasteiger partial charge in [-0.1, -0.05) is 13.8 Å². The molecular formula is C14H22O5S2. The third kappa shape index (κ3) is 4.92. The molecule has 1 aliphatic heterocycles. The highest BCUT2D eigenvalue weighted by Gasteiger charge is 2.42. The summed E-state index contributed by atoms with van der Waals surface area (Å²) >= 11 is 3.20. The lowest BCUT2D eigenvalue weighted by Crippen LogP contribution is -2.43. The highest BCUT2D eigenvalue weighted by Crippen LogP contribution is 2.37. The number of rotatable bonds is 6. The number of ether oxygens (including phenoxy) is 2. The van der Waals surface area contributed by atoms with Crippen LogP contribution in [0.4, 0.5) is 0 Å². The van der Waals surface area contributed by atoms with Gasteiger partial charge in [0.2, 0.25) is 5.92 Å². The Morgan fingerprint density at radius 3 is 2.00 bits per heavy atom. The van der Waals surface area contributed by atoms with Crippen molar-refractivity contribution in [2.75, 3.05) is 19.0 Å². The Labute approximate surface area is 133 Å². The third-order valence-corrected chi connectivity index (χ3v) is 6.61. The second kappa shape index (κ2) is 8.68. The monoisotopic (exact) mass is 334 g/mol. The molecule has 3 unspecified atom stereocenters. The maximum Gasteiger partial charge on any atom is 0.328 e. The number of ketones is 1. The van der Waals surface area contributed by atoms with Crippen LogP contribution in [0.3, 0.4) is 0 Å². The molecule has 0 N–H and O–H groups in total. The second-order valence-electron chi connectivity index (χ2n) is 4.71. The van der Waals surface area contributed by atoms with Gasteiger partial charge in [0.05, 0.1) is 18.5 Å². The highest BCUT2D eigenvalue weighted by atomic mass is 32.2. The zero-order chi connectivity index (χ0) is 16.0. The lowest BCUT2D eigenvalue weighted by Gasteiger charge is -2.31. The average Bonchev–Trinajstić information content (AvgIpc) is 2.42. The summed E-state index contributed by atoms with van der Waals surface area (Å²) in [4.78, 5) is 36.4. The summed E-state index contributed by atoms with van der Waals surface area (Å²) in [6, 6.07) is 0. The minimum Gasteiger partial charge on any atom is -0.465 e. The zero-order valence-electron chi connectivity index (χ0n) is 12.8. The number of hydrogen-bond donors (Lipinski definition) is 0. The Hall–Kier alpha value is -0.690. The van der Waals surface area contributed by atoms with Gasteiger partial charge in [-0.15, -0.1) is 11.8 Å². The SMILES string of the molecule is CCOC(=O)C(C(=O)OCC)C(=O)C1CSC(C)C(C)S1. The van der Waals surface area contributed by atoms with Crippen LogP contribution in [0.15, 0.2) is 0 Å². The first-order valence-electron chi connectivity index (χ1n) is 7.06. The zero-order valence-corrected chi connectivity index (χ0v) is 14.4. The van der Waals surface area contributed by atoms with E-state index in [2.05, 4.69) is 6.92 Å². The first-order valence-corrected chi connectivity index (χ1v) is 9.05. The van der Waals surface area contributed by atoms with Gasteiger partial charge < -0.3 is 9.47 Å². The molecule has 0 bridgehead atoms. The molecule has 0 aromatic heterocycles. The summed E-state index contributed by atoms with van der Waals surface area (Å²) in [6.45, 7) is 7.69. The Kier molecular flexibility index (Phi) is 7.59. The first kappa shape index (κ1) is 18.4. The summed E-state index contributed by atoms with van der Waals surface area (Å²) < 4.78 is 9.71. The van der Waals surface area contributed by atoms with Crippen LogP contribution in [0.25, 0.3) is 0 Å². The van der Waals surface area contributed by atoms with Crippen LogP contribution in [0.2, 0.25) is 0 Å².